The molecule has 2 aromatic rings. The van der Waals surface area contributed by atoms with Gasteiger partial charge in [0, 0.05) is 32.4 Å². The van der Waals surface area contributed by atoms with E-state index in [0.717, 1.165) is 43.2 Å². The summed E-state index contributed by atoms with van der Waals surface area (Å²) in [6.45, 7) is 1.72. The van der Waals surface area contributed by atoms with E-state index in [0.29, 0.717) is 25.3 Å². The van der Waals surface area contributed by atoms with Crippen LogP contribution >= 0.6 is 0 Å². The van der Waals surface area contributed by atoms with Gasteiger partial charge in [-0.15, -0.1) is 0 Å². The molecule has 0 radical (unpaired) electrons. The highest BCUT2D eigenvalue weighted by molar-refractivity contribution is 6.02. The molecule has 1 aliphatic heterocycles. The Morgan fingerprint density at radius 3 is 2.53 bits per heavy atom. The number of nitrogens with one attached hydrogen (secondary N) is 1. The van der Waals surface area contributed by atoms with Crippen LogP contribution in [0.2, 0.25) is 0 Å². The monoisotopic (exact) mass is 406 g/mol. The number of methoxy groups -OCH3 is 1. The summed E-state index contributed by atoms with van der Waals surface area (Å²) in [6.07, 6.45) is 4.56. The zero-order chi connectivity index (χ0) is 21.0. The number of carbonyl (C=O) groups excluding carboxylic acids is 2. The van der Waals surface area contributed by atoms with E-state index in [1.165, 1.54) is 0 Å². The van der Waals surface area contributed by atoms with E-state index in [4.69, 9.17) is 4.74 Å². The van der Waals surface area contributed by atoms with Crippen molar-refractivity contribution < 1.29 is 14.3 Å². The minimum atomic E-state index is -0.466. The van der Waals surface area contributed by atoms with Crippen LogP contribution in [0.1, 0.15) is 59.5 Å². The van der Waals surface area contributed by atoms with Crippen molar-refractivity contribution in [1.29, 1.82) is 0 Å². The lowest BCUT2D eigenvalue weighted by atomic mass is 9.71. The van der Waals surface area contributed by atoms with E-state index in [9.17, 15) is 9.59 Å². The summed E-state index contributed by atoms with van der Waals surface area (Å²) < 4.78 is 5.11. The molecular formula is C25H30N2O3. The molecule has 1 fully saturated rings. The average Bonchev–Trinajstić information content (AvgIpc) is 3.25. The van der Waals surface area contributed by atoms with Crippen molar-refractivity contribution >= 4 is 11.8 Å². The number of nitrogens with zero attached hydrogens (tertiary/aromatic N) is 1. The number of carbonyl (C=O) groups is 2. The van der Waals surface area contributed by atoms with E-state index in [1.807, 2.05) is 47.4 Å². The van der Waals surface area contributed by atoms with Crippen molar-refractivity contribution in [2.24, 2.45) is 0 Å². The first-order valence-corrected chi connectivity index (χ1v) is 10.9. The van der Waals surface area contributed by atoms with Crippen LogP contribution in [0.3, 0.4) is 0 Å². The quantitative estimate of drug-likeness (QED) is 0.710. The van der Waals surface area contributed by atoms with Gasteiger partial charge in [-0.1, -0.05) is 61.4 Å². The smallest absolute Gasteiger partial charge is 0.254 e. The predicted molar refractivity (Wildman–Crippen MR) is 116 cm³/mol. The van der Waals surface area contributed by atoms with Crippen molar-refractivity contribution in [1.82, 2.24) is 10.2 Å². The predicted octanol–water partition coefficient (Wildman–Crippen LogP) is 3.89. The molecule has 1 N–H and O–H groups in total. The van der Waals surface area contributed by atoms with Gasteiger partial charge in [0.2, 0.25) is 5.91 Å². The second kappa shape index (κ2) is 9.00. The molecule has 1 aliphatic carbocycles. The summed E-state index contributed by atoms with van der Waals surface area (Å²) in [5.41, 5.74) is 2.16. The molecule has 1 atom stereocenters. The van der Waals surface area contributed by atoms with Crippen LogP contribution in [0.25, 0.3) is 0 Å². The molecule has 30 heavy (non-hydrogen) atoms. The summed E-state index contributed by atoms with van der Waals surface area (Å²) in [4.78, 5) is 29.1. The van der Waals surface area contributed by atoms with Crippen molar-refractivity contribution in [2.45, 2.75) is 50.1 Å². The van der Waals surface area contributed by atoms with Gasteiger partial charge in [-0.3, -0.25) is 9.59 Å². The topological polar surface area (TPSA) is 58.6 Å². The minimum absolute atomic E-state index is 0.0195. The first kappa shape index (κ1) is 20.6. The average molecular weight is 407 g/mol. The highest BCUT2D eigenvalue weighted by Crippen LogP contribution is 2.50. The lowest BCUT2D eigenvalue weighted by Crippen LogP contribution is -2.60. The van der Waals surface area contributed by atoms with Crippen LogP contribution in [0.5, 0.6) is 0 Å². The highest BCUT2D eigenvalue weighted by atomic mass is 16.5. The number of ether oxygens (including phenoxy) is 1. The minimum Gasteiger partial charge on any atom is -0.385 e. The Balaban J connectivity index is 1.73. The summed E-state index contributed by atoms with van der Waals surface area (Å²) in [7, 11) is 1.67. The van der Waals surface area contributed by atoms with Gasteiger partial charge in [0.15, 0.2) is 0 Å². The molecule has 2 amide bonds. The van der Waals surface area contributed by atoms with Gasteiger partial charge >= 0.3 is 0 Å². The van der Waals surface area contributed by atoms with Crippen LogP contribution in [0, 0.1) is 0 Å². The zero-order valence-corrected chi connectivity index (χ0v) is 17.6. The van der Waals surface area contributed by atoms with Crippen molar-refractivity contribution in [3.8, 4) is 0 Å². The summed E-state index contributed by atoms with van der Waals surface area (Å²) in [6, 6.07) is 17.7. The normalized spacial score (nSPS) is 19.7. The lowest BCUT2D eigenvalue weighted by Gasteiger charge is -2.50. The molecular weight excluding hydrogens is 376 g/mol. The van der Waals surface area contributed by atoms with Crippen LogP contribution in [-0.2, 0) is 16.1 Å². The third-order valence-corrected chi connectivity index (χ3v) is 6.56. The largest absolute Gasteiger partial charge is 0.385 e. The Morgan fingerprint density at radius 1 is 1.10 bits per heavy atom. The number of amides is 2. The number of benzene rings is 2. The van der Waals surface area contributed by atoms with Gasteiger partial charge in [-0.2, -0.15) is 0 Å². The lowest BCUT2D eigenvalue weighted by molar-refractivity contribution is -0.126. The van der Waals surface area contributed by atoms with E-state index in [-0.39, 0.29) is 17.7 Å². The standard InChI is InChI=1S/C25H30N2O3/c1-30-17-9-16-26-23(28)22-20-12-5-6-13-21(20)24(29)27(25(22)14-7-8-15-25)18-19-10-3-2-4-11-19/h2-6,10-13,22H,7-9,14-18H2,1H3,(H,26,28)/t22-/m1/s1. The van der Waals surface area contributed by atoms with Gasteiger partial charge in [0.05, 0.1) is 11.5 Å². The molecule has 5 heteroatoms. The summed E-state index contributed by atoms with van der Waals surface area (Å²) in [5, 5.41) is 3.12. The molecule has 2 aliphatic rings. The summed E-state index contributed by atoms with van der Waals surface area (Å²) in [5.74, 6) is -0.286. The van der Waals surface area contributed by atoms with Crippen LogP contribution in [0.15, 0.2) is 54.6 Å². The third kappa shape index (κ3) is 3.74. The van der Waals surface area contributed by atoms with Crippen LogP contribution in [0.4, 0.5) is 0 Å². The highest BCUT2D eigenvalue weighted by Gasteiger charge is 2.55. The summed E-state index contributed by atoms with van der Waals surface area (Å²) >= 11 is 0. The van der Waals surface area contributed by atoms with Crippen molar-refractivity contribution in [2.75, 3.05) is 20.3 Å². The fraction of sp³-hybridized carbons (Fsp3) is 0.440. The Labute approximate surface area is 178 Å². The van der Waals surface area contributed by atoms with Crippen molar-refractivity contribution in [3.63, 3.8) is 0 Å². The van der Waals surface area contributed by atoms with Crippen LogP contribution < -0.4 is 5.32 Å². The fourth-order valence-corrected chi connectivity index (χ4v) is 5.19. The zero-order valence-electron chi connectivity index (χ0n) is 17.6. The number of hydrogen-bond acceptors (Lipinski definition) is 3. The van der Waals surface area contributed by atoms with Crippen molar-refractivity contribution in [3.05, 3.63) is 71.3 Å². The maximum absolute atomic E-state index is 13.6. The first-order chi connectivity index (χ1) is 14.7. The first-order valence-electron chi connectivity index (χ1n) is 10.9. The Morgan fingerprint density at radius 2 is 1.80 bits per heavy atom. The number of fused-ring (bicyclic) bond motifs is 1. The molecule has 2 aromatic carbocycles. The number of rotatable bonds is 7. The Kier molecular flexibility index (Phi) is 6.18. The van der Waals surface area contributed by atoms with Gasteiger partial charge in [-0.25, -0.2) is 0 Å². The number of hydrogen-bond donors (Lipinski definition) is 1. The van der Waals surface area contributed by atoms with Gasteiger partial charge < -0.3 is 15.0 Å². The fourth-order valence-electron chi connectivity index (χ4n) is 5.19. The van der Waals surface area contributed by atoms with Gasteiger partial charge in [-0.05, 0) is 36.5 Å². The molecule has 5 nitrogen and oxygen atoms in total. The van der Waals surface area contributed by atoms with E-state index < -0.39 is 5.54 Å². The molecule has 1 spiro atoms. The van der Waals surface area contributed by atoms with Crippen LogP contribution in [-0.4, -0.2) is 42.5 Å². The van der Waals surface area contributed by atoms with Gasteiger partial charge in [0.1, 0.15) is 0 Å². The Bertz CT molecular complexity index is 890. The molecule has 0 bridgehead atoms. The molecule has 4 rings (SSSR count). The second-order valence-corrected chi connectivity index (χ2v) is 8.35. The molecule has 1 saturated carbocycles. The molecule has 0 aromatic heterocycles. The van der Waals surface area contributed by atoms with E-state index in [1.54, 1.807) is 7.11 Å². The molecule has 1 heterocycles. The van der Waals surface area contributed by atoms with E-state index >= 15 is 0 Å². The molecule has 0 unspecified atom stereocenters. The third-order valence-electron chi connectivity index (χ3n) is 6.56. The maximum Gasteiger partial charge on any atom is 0.254 e. The molecule has 0 saturated heterocycles. The van der Waals surface area contributed by atoms with E-state index in [2.05, 4.69) is 17.4 Å². The Hall–Kier alpha value is -2.66. The maximum atomic E-state index is 13.6. The van der Waals surface area contributed by atoms with Gasteiger partial charge in [0.25, 0.3) is 5.91 Å². The SMILES string of the molecule is COCCCNC(=O)[C@H]1c2ccccc2C(=O)N(Cc2ccccc2)C12CCCC2. The molecule has 158 valence electrons. The second-order valence-electron chi connectivity index (χ2n) is 8.35.